The molecule has 0 unspecified atom stereocenters. The number of benzene rings is 1. The molecule has 0 bridgehead atoms. The quantitative estimate of drug-likeness (QED) is 0.838. The third-order valence-electron chi connectivity index (χ3n) is 5.03. The second kappa shape index (κ2) is 6.84. The number of sulfonamides is 1. The standard InChI is InChI=1S/C18H26N2O3S/c1-3-11-24(22,23)19-10-6-8-16(13-19)18(21)20-14(2)12-15-7-4-5-9-17(15)20/h4-5,7,9,14,16H,3,6,8,10-13H2,1-2H3/t14-,16+/m0/s1. The SMILES string of the molecule is CCCS(=O)(=O)N1CCC[C@@H](C(=O)N2c3ccccc3C[C@@H]2C)C1. The van der Waals surface area contributed by atoms with Gasteiger partial charge in [-0.25, -0.2) is 12.7 Å². The molecule has 1 aromatic carbocycles. The number of carbonyl (C=O) groups is 1. The number of piperidine rings is 1. The van der Waals surface area contributed by atoms with Gasteiger partial charge in [0.05, 0.1) is 11.7 Å². The Balaban J connectivity index is 1.78. The van der Waals surface area contributed by atoms with E-state index in [4.69, 9.17) is 0 Å². The third kappa shape index (κ3) is 3.22. The molecule has 0 aliphatic carbocycles. The van der Waals surface area contributed by atoms with E-state index in [0.29, 0.717) is 19.5 Å². The van der Waals surface area contributed by atoms with E-state index in [-0.39, 0.29) is 23.6 Å². The van der Waals surface area contributed by atoms with E-state index in [1.54, 1.807) is 0 Å². The Bertz CT molecular complexity index is 717. The monoisotopic (exact) mass is 350 g/mol. The van der Waals surface area contributed by atoms with Crippen molar-refractivity contribution in [3.8, 4) is 0 Å². The van der Waals surface area contributed by atoms with Gasteiger partial charge >= 0.3 is 0 Å². The minimum absolute atomic E-state index is 0.0730. The summed E-state index contributed by atoms with van der Waals surface area (Å²) >= 11 is 0. The molecule has 2 heterocycles. The fourth-order valence-electron chi connectivity index (χ4n) is 3.88. The van der Waals surface area contributed by atoms with Crippen LogP contribution in [0.2, 0.25) is 0 Å². The van der Waals surface area contributed by atoms with Crippen molar-refractivity contribution in [2.24, 2.45) is 5.92 Å². The molecule has 1 fully saturated rings. The van der Waals surface area contributed by atoms with Crippen molar-refractivity contribution in [2.75, 3.05) is 23.7 Å². The van der Waals surface area contributed by atoms with E-state index in [1.807, 2.05) is 30.0 Å². The topological polar surface area (TPSA) is 57.7 Å². The molecule has 6 heteroatoms. The van der Waals surface area contributed by atoms with E-state index >= 15 is 0 Å². The Morgan fingerprint density at radius 1 is 1.29 bits per heavy atom. The number of fused-ring (bicyclic) bond motifs is 1. The fraction of sp³-hybridized carbons (Fsp3) is 0.611. The van der Waals surface area contributed by atoms with Gasteiger partial charge in [0.25, 0.3) is 0 Å². The van der Waals surface area contributed by atoms with Gasteiger partial charge in [-0.15, -0.1) is 0 Å². The van der Waals surface area contributed by atoms with Crippen molar-refractivity contribution in [1.29, 1.82) is 0 Å². The zero-order valence-electron chi connectivity index (χ0n) is 14.4. The third-order valence-corrected chi connectivity index (χ3v) is 7.08. The number of rotatable bonds is 4. The lowest BCUT2D eigenvalue weighted by Crippen LogP contribution is -2.48. The summed E-state index contributed by atoms with van der Waals surface area (Å²) in [7, 11) is -3.23. The first-order valence-electron chi connectivity index (χ1n) is 8.83. The largest absolute Gasteiger partial charge is 0.309 e. The summed E-state index contributed by atoms with van der Waals surface area (Å²) in [5.41, 5.74) is 2.19. The molecule has 2 aliphatic rings. The average Bonchev–Trinajstić information content (AvgIpc) is 2.90. The Kier molecular flexibility index (Phi) is 4.97. The second-order valence-electron chi connectivity index (χ2n) is 6.90. The number of nitrogens with zero attached hydrogens (tertiary/aromatic N) is 2. The maximum atomic E-state index is 13.1. The minimum atomic E-state index is -3.23. The molecule has 1 aromatic rings. The Morgan fingerprint density at radius 2 is 2.04 bits per heavy atom. The lowest BCUT2D eigenvalue weighted by atomic mass is 9.97. The Hall–Kier alpha value is -1.40. The van der Waals surface area contributed by atoms with Crippen molar-refractivity contribution in [2.45, 2.75) is 45.6 Å². The molecule has 5 nitrogen and oxygen atoms in total. The maximum Gasteiger partial charge on any atom is 0.231 e. The molecular formula is C18H26N2O3S. The van der Waals surface area contributed by atoms with Crippen LogP contribution in [0.25, 0.3) is 0 Å². The highest BCUT2D eigenvalue weighted by molar-refractivity contribution is 7.89. The smallest absolute Gasteiger partial charge is 0.231 e. The van der Waals surface area contributed by atoms with Crippen molar-refractivity contribution in [3.05, 3.63) is 29.8 Å². The van der Waals surface area contributed by atoms with Crippen molar-refractivity contribution < 1.29 is 13.2 Å². The number of hydrogen-bond donors (Lipinski definition) is 0. The van der Waals surface area contributed by atoms with Gasteiger partial charge in [0.15, 0.2) is 0 Å². The highest BCUT2D eigenvalue weighted by Gasteiger charge is 2.38. The average molecular weight is 350 g/mol. The molecule has 3 rings (SSSR count). The first-order valence-corrected chi connectivity index (χ1v) is 10.4. The molecule has 2 atom stereocenters. The number of para-hydroxylation sites is 1. The normalized spacial score (nSPS) is 24.8. The van der Waals surface area contributed by atoms with Gasteiger partial charge < -0.3 is 4.90 Å². The molecule has 0 saturated carbocycles. The summed E-state index contributed by atoms with van der Waals surface area (Å²) in [5, 5.41) is 0. The highest BCUT2D eigenvalue weighted by atomic mass is 32.2. The van der Waals surface area contributed by atoms with E-state index in [2.05, 4.69) is 13.0 Å². The van der Waals surface area contributed by atoms with Crippen molar-refractivity contribution >= 4 is 21.6 Å². The van der Waals surface area contributed by atoms with Crippen LogP contribution < -0.4 is 4.90 Å². The van der Waals surface area contributed by atoms with E-state index in [9.17, 15) is 13.2 Å². The summed E-state index contributed by atoms with van der Waals surface area (Å²) in [4.78, 5) is 15.0. The van der Waals surface area contributed by atoms with Crippen LogP contribution in [-0.4, -0.2) is 43.5 Å². The van der Waals surface area contributed by atoms with Gasteiger partial charge in [0.2, 0.25) is 15.9 Å². The van der Waals surface area contributed by atoms with Crippen LogP contribution in [0.15, 0.2) is 24.3 Å². The maximum absolute atomic E-state index is 13.1. The van der Waals surface area contributed by atoms with Crippen LogP contribution >= 0.6 is 0 Å². The predicted octanol–water partition coefficient (Wildman–Crippen LogP) is 2.42. The van der Waals surface area contributed by atoms with Gasteiger partial charge in [-0.1, -0.05) is 25.1 Å². The number of hydrogen-bond acceptors (Lipinski definition) is 3. The highest BCUT2D eigenvalue weighted by Crippen LogP contribution is 2.34. The molecule has 0 spiro atoms. The first-order chi connectivity index (χ1) is 11.4. The number of carbonyl (C=O) groups excluding carboxylic acids is 1. The second-order valence-corrected chi connectivity index (χ2v) is 8.99. The van der Waals surface area contributed by atoms with Gasteiger partial charge in [-0.05, 0) is 44.2 Å². The summed E-state index contributed by atoms with van der Waals surface area (Å²) in [6.07, 6.45) is 2.99. The van der Waals surface area contributed by atoms with Crippen LogP contribution in [0.1, 0.15) is 38.7 Å². The molecule has 0 aromatic heterocycles. The molecular weight excluding hydrogens is 324 g/mol. The summed E-state index contributed by atoms with van der Waals surface area (Å²) in [5.74, 6) is -0.000488. The van der Waals surface area contributed by atoms with Crippen LogP contribution in [0.5, 0.6) is 0 Å². The van der Waals surface area contributed by atoms with Gasteiger partial charge in [-0.2, -0.15) is 0 Å². The zero-order chi connectivity index (χ0) is 17.3. The summed E-state index contributed by atoms with van der Waals surface area (Å²) in [6.45, 7) is 4.80. The van der Waals surface area contributed by atoms with Gasteiger partial charge in [0, 0.05) is 24.8 Å². The van der Waals surface area contributed by atoms with Crippen molar-refractivity contribution in [3.63, 3.8) is 0 Å². The molecule has 2 aliphatic heterocycles. The molecule has 0 radical (unpaired) electrons. The molecule has 132 valence electrons. The van der Waals surface area contributed by atoms with Gasteiger partial charge in [-0.3, -0.25) is 4.79 Å². The van der Waals surface area contributed by atoms with Gasteiger partial charge in [0.1, 0.15) is 0 Å². The number of amides is 1. The molecule has 1 saturated heterocycles. The molecule has 0 N–H and O–H groups in total. The number of anilines is 1. The van der Waals surface area contributed by atoms with Crippen LogP contribution in [0.4, 0.5) is 5.69 Å². The van der Waals surface area contributed by atoms with Crippen LogP contribution in [0, 0.1) is 5.92 Å². The summed E-state index contributed by atoms with van der Waals surface area (Å²) in [6, 6.07) is 8.15. The van der Waals surface area contributed by atoms with Crippen LogP contribution in [0.3, 0.4) is 0 Å². The predicted molar refractivity (Wildman–Crippen MR) is 95.5 cm³/mol. The molecule has 24 heavy (non-hydrogen) atoms. The summed E-state index contributed by atoms with van der Waals surface area (Å²) < 4.78 is 26.2. The van der Waals surface area contributed by atoms with Crippen LogP contribution in [-0.2, 0) is 21.2 Å². The Labute approximate surface area is 144 Å². The first kappa shape index (κ1) is 17.4. The minimum Gasteiger partial charge on any atom is -0.309 e. The zero-order valence-corrected chi connectivity index (χ0v) is 15.3. The lowest BCUT2D eigenvalue weighted by Gasteiger charge is -2.34. The lowest BCUT2D eigenvalue weighted by molar-refractivity contribution is -0.123. The van der Waals surface area contributed by atoms with E-state index in [0.717, 1.165) is 24.9 Å². The van der Waals surface area contributed by atoms with E-state index in [1.165, 1.54) is 9.87 Å². The molecule has 1 amide bonds. The fourth-order valence-corrected chi connectivity index (χ4v) is 5.47. The Morgan fingerprint density at radius 3 is 2.79 bits per heavy atom. The van der Waals surface area contributed by atoms with E-state index < -0.39 is 10.0 Å². The van der Waals surface area contributed by atoms with Crippen molar-refractivity contribution in [1.82, 2.24) is 4.31 Å².